The third-order valence-electron chi connectivity index (χ3n) is 4.96. The second kappa shape index (κ2) is 19.1. The van der Waals surface area contributed by atoms with E-state index in [0.29, 0.717) is 5.12 Å². The van der Waals surface area contributed by atoms with Gasteiger partial charge in [-0.2, -0.15) is 0 Å². The Morgan fingerprint density at radius 2 is 1.15 bits per heavy atom. The molecule has 0 aliphatic heterocycles. The van der Waals surface area contributed by atoms with Crippen LogP contribution in [0.4, 0.5) is 0 Å². The first kappa shape index (κ1) is 24.8. The zero-order valence-electron chi connectivity index (χ0n) is 17.4. The minimum atomic E-state index is 0.244. The van der Waals surface area contributed by atoms with Crippen LogP contribution >= 0.6 is 10.2 Å². The Morgan fingerprint density at radius 1 is 0.704 bits per heavy atom. The van der Waals surface area contributed by atoms with Crippen LogP contribution in [0.1, 0.15) is 110 Å². The standard InChI is InChI=1S/C24H40OSSe/c1-2-3-4-5-6-7-8-9-10-11-12-13-14-15-19-22-24(25)26-27-23-20-17-16-18-21-23/h16-18,20-21H,2-15,19,22H2,1H3. The fourth-order valence-corrected chi connectivity index (χ4v) is 6.53. The van der Waals surface area contributed by atoms with Crippen molar-refractivity contribution in [1.29, 1.82) is 0 Å². The quantitative estimate of drug-likeness (QED) is 0.169. The molecule has 0 radical (unpaired) electrons. The molecule has 1 rings (SSSR count). The van der Waals surface area contributed by atoms with Gasteiger partial charge in [-0.3, -0.25) is 0 Å². The Labute approximate surface area is 178 Å². The van der Waals surface area contributed by atoms with E-state index in [-0.39, 0.29) is 13.8 Å². The van der Waals surface area contributed by atoms with Crippen molar-refractivity contribution >= 4 is 33.6 Å². The molecule has 0 aliphatic rings. The number of hydrogen-bond acceptors (Lipinski definition) is 2. The summed E-state index contributed by atoms with van der Waals surface area (Å²) in [4.78, 5) is 11.9. The molecule has 0 unspecified atom stereocenters. The van der Waals surface area contributed by atoms with Gasteiger partial charge in [-0.25, -0.2) is 0 Å². The van der Waals surface area contributed by atoms with E-state index in [2.05, 4.69) is 31.2 Å². The van der Waals surface area contributed by atoms with Crippen molar-refractivity contribution in [1.82, 2.24) is 0 Å². The van der Waals surface area contributed by atoms with Gasteiger partial charge in [-0.15, -0.1) is 0 Å². The van der Waals surface area contributed by atoms with Crippen LogP contribution in [0.3, 0.4) is 0 Å². The van der Waals surface area contributed by atoms with E-state index >= 15 is 0 Å². The molecule has 3 heteroatoms. The van der Waals surface area contributed by atoms with Crippen LogP contribution in [0.15, 0.2) is 30.3 Å². The summed E-state index contributed by atoms with van der Waals surface area (Å²) in [6.45, 7) is 2.28. The van der Waals surface area contributed by atoms with Crippen LogP contribution in [-0.2, 0) is 4.79 Å². The molecule has 0 bridgehead atoms. The zero-order valence-corrected chi connectivity index (χ0v) is 20.0. The van der Waals surface area contributed by atoms with Crippen LogP contribution in [0.2, 0.25) is 0 Å². The molecule has 0 saturated carbocycles. The van der Waals surface area contributed by atoms with E-state index in [4.69, 9.17) is 0 Å². The van der Waals surface area contributed by atoms with Crippen molar-refractivity contribution in [3.8, 4) is 0 Å². The summed E-state index contributed by atoms with van der Waals surface area (Å²) in [5.74, 6) is 0. The molecule has 0 spiro atoms. The van der Waals surface area contributed by atoms with Crippen LogP contribution in [0.5, 0.6) is 0 Å². The van der Waals surface area contributed by atoms with Crippen molar-refractivity contribution < 1.29 is 4.79 Å². The number of carbonyl (C=O) groups excluding carboxylic acids is 1. The van der Waals surface area contributed by atoms with Gasteiger partial charge in [0.05, 0.1) is 0 Å². The van der Waals surface area contributed by atoms with Crippen LogP contribution in [-0.4, -0.2) is 19.0 Å². The Balaban J connectivity index is 1.77. The molecule has 0 saturated heterocycles. The van der Waals surface area contributed by atoms with Crippen molar-refractivity contribution in [2.45, 2.75) is 110 Å². The van der Waals surface area contributed by atoms with Gasteiger partial charge in [0.15, 0.2) is 0 Å². The molecule has 0 amide bonds. The number of benzene rings is 1. The summed E-state index contributed by atoms with van der Waals surface area (Å²) in [6.07, 6.45) is 21.4. The van der Waals surface area contributed by atoms with Crippen LogP contribution in [0.25, 0.3) is 0 Å². The van der Waals surface area contributed by atoms with Crippen molar-refractivity contribution in [2.24, 2.45) is 0 Å². The van der Waals surface area contributed by atoms with E-state index in [9.17, 15) is 4.79 Å². The monoisotopic (exact) mass is 456 g/mol. The van der Waals surface area contributed by atoms with Gasteiger partial charge >= 0.3 is 133 Å². The predicted octanol–water partition coefficient (Wildman–Crippen LogP) is 7.45. The molecule has 1 nitrogen and oxygen atoms in total. The van der Waals surface area contributed by atoms with Gasteiger partial charge in [0.1, 0.15) is 0 Å². The Kier molecular flexibility index (Phi) is 17.5. The zero-order chi connectivity index (χ0) is 19.4. The molecular weight excluding hydrogens is 415 g/mol. The fraction of sp³-hybridized carbons (Fsp3) is 0.708. The van der Waals surface area contributed by atoms with Gasteiger partial charge in [-0.1, -0.05) is 45.4 Å². The molecule has 0 fully saturated rings. The van der Waals surface area contributed by atoms with Gasteiger partial charge < -0.3 is 0 Å². The maximum atomic E-state index is 11.9. The third kappa shape index (κ3) is 16.4. The molecule has 1 aromatic carbocycles. The molecule has 0 heterocycles. The molecule has 27 heavy (non-hydrogen) atoms. The summed E-state index contributed by atoms with van der Waals surface area (Å²) < 4.78 is 1.31. The second-order valence-electron chi connectivity index (χ2n) is 7.55. The Bertz CT molecular complexity index is 449. The molecule has 0 aliphatic carbocycles. The molecule has 0 N–H and O–H groups in total. The van der Waals surface area contributed by atoms with Gasteiger partial charge in [-0.05, 0) is 0 Å². The molecule has 154 valence electrons. The second-order valence-corrected chi connectivity index (χ2v) is 11.4. The summed E-state index contributed by atoms with van der Waals surface area (Å²) >= 11 is 0.244. The number of hydrogen-bond donors (Lipinski definition) is 0. The summed E-state index contributed by atoms with van der Waals surface area (Å²) in [5, 5.41) is 0.383. The summed E-state index contributed by atoms with van der Waals surface area (Å²) in [7, 11) is 1.54. The molecule has 0 atom stereocenters. The predicted molar refractivity (Wildman–Crippen MR) is 124 cm³/mol. The maximum absolute atomic E-state index is 11.9. The average Bonchev–Trinajstić information content (AvgIpc) is 2.70. The van der Waals surface area contributed by atoms with E-state index in [1.807, 2.05) is 6.07 Å². The molecule has 0 aromatic heterocycles. The Morgan fingerprint density at radius 3 is 1.63 bits per heavy atom. The first-order chi connectivity index (χ1) is 13.3. The number of carbonyl (C=O) groups is 1. The Hall–Kier alpha value is -0.241. The average molecular weight is 456 g/mol. The van der Waals surface area contributed by atoms with Crippen LogP contribution < -0.4 is 4.46 Å². The van der Waals surface area contributed by atoms with Gasteiger partial charge in [0, 0.05) is 0 Å². The van der Waals surface area contributed by atoms with Crippen molar-refractivity contribution in [3.63, 3.8) is 0 Å². The third-order valence-corrected chi connectivity index (χ3v) is 9.10. The minimum absolute atomic E-state index is 0.244. The van der Waals surface area contributed by atoms with E-state index in [1.54, 1.807) is 0 Å². The topological polar surface area (TPSA) is 17.1 Å². The number of rotatable bonds is 18. The van der Waals surface area contributed by atoms with Gasteiger partial charge in [0.2, 0.25) is 0 Å². The normalized spacial score (nSPS) is 11.0. The molecular formula is C24H40OSSe. The van der Waals surface area contributed by atoms with E-state index < -0.39 is 0 Å². The van der Waals surface area contributed by atoms with Crippen LogP contribution in [0, 0.1) is 0 Å². The first-order valence-electron chi connectivity index (χ1n) is 11.3. The van der Waals surface area contributed by atoms with Gasteiger partial charge in [0.25, 0.3) is 0 Å². The van der Waals surface area contributed by atoms with E-state index in [1.165, 1.54) is 105 Å². The van der Waals surface area contributed by atoms with Crippen molar-refractivity contribution in [3.05, 3.63) is 30.3 Å². The van der Waals surface area contributed by atoms with E-state index in [0.717, 1.165) is 12.8 Å². The fourth-order valence-electron chi connectivity index (χ4n) is 3.25. The SMILES string of the molecule is CCCCCCCCCCCCCCCCCC(=O)S[Se]c1ccccc1. The summed E-state index contributed by atoms with van der Waals surface area (Å²) in [6, 6.07) is 10.4. The molecule has 1 aromatic rings. The van der Waals surface area contributed by atoms with Crippen molar-refractivity contribution in [2.75, 3.05) is 0 Å². The number of unbranched alkanes of at least 4 members (excludes halogenated alkanes) is 14. The summed E-state index contributed by atoms with van der Waals surface area (Å²) in [5.41, 5.74) is 0. The first-order valence-corrected chi connectivity index (χ1v) is 14.9.